The van der Waals surface area contributed by atoms with Crippen molar-refractivity contribution >= 4 is 18.7 Å². The fraction of sp³-hybridized carbons (Fsp3) is 0.552. The third kappa shape index (κ3) is 5.06. The van der Waals surface area contributed by atoms with Gasteiger partial charge in [0.15, 0.2) is 0 Å². The van der Waals surface area contributed by atoms with Gasteiger partial charge in [-0.05, 0) is 72.0 Å². The van der Waals surface area contributed by atoms with Gasteiger partial charge in [0.1, 0.15) is 5.60 Å². The fourth-order valence-electron chi connectivity index (χ4n) is 5.26. The predicted molar refractivity (Wildman–Crippen MR) is 142 cm³/mol. The van der Waals surface area contributed by atoms with Gasteiger partial charge >= 0.3 is 13.2 Å². The Morgan fingerprint density at radius 3 is 2.19 bits per heavy atom. The summed E-state index contributed by atoms with van der Waals surface area (Å²) in [6, 6.07) is 15.8. The van der Waals surface area contributed by atoms with E-state index in [4.69, 9.17) is 14.0 Å². The molecule has 36 heavy (non-hydrogen) atoms. The van der Waals surface area contributed by atoms with E-state index in [2.05, 4.69) is 13.0 Å². The van der Waals surface area contributed by atoms with Crippen LogP contribution >= 0.6 is 0 Å². The highest BCUT2D eigenvalue weighted by Gasteiger charge is 2.52. The maximum atomic E-state index is 13.4. The number of benzene rings is 2. The number of rotatable bonds is 6. The van der Waals surface area contributed by atoms with Crippen LogP contribution in [0.3, 0.4) is 0 Å². The van der Waals surface area contributed by atoms with Crippen molar-refractivity contribution in [2.24, 2.45) is 0 Å². The molecule has 2 atom stereocenters. The fourth-order valence-corrected chi connectivity index (χ4v) is 5.26. The average Bonchev–Trinajstić information content (AvgIpc) is 2.99. The van der Waals surface area contributed by atoms with Crippen LogP contribution in [-0.2, 0) is 19.6 Å². The van der Waals surface area contributed by atoms with Crippen molar-refractivity contribution in [3.05, 3.63) is 65.2 Å². The van der Waals surface area contributed by atoms with Crippen molar-refractivity contribution in [1.82, 2.24) is 4.90 Å². The highest BCUT2D eigenvalue weighted by Crippen LogP contribution is 2.42. The number of nitrogens with zero attached hydrogens (tertiary/aromatic N) is 1. The van der Waals surface area contributed by atoms with Crippen LogP contribution in [0.25, 0.3) is 0 Å². The standard InChI is InChI=1S/C29H40BNO5/c1-20-18-22(14-15-24(20)30-35-27(5,6)28(7,8)36-30)21(2)31-17-16-29(34-25(31)32,19-26(3,4)33)23-12-10-9-11-13-23/h9-15,18,21,33H,16-17,19H2,1-8H3. The molecule has 2 aliphatic rings. The third-order valence-electron chi connectivity index (χ3n) is 8.04. The van der Waals surface area contributed by atoms with Crippen LogP contribution in [0, 0.1) is 6.92 Å². The molecule has 2 heterocycles. The molecule has 0 aliphatic carbocycles. The summed E-state index contributed by atoms with van der Waals surface area (Å²) >= 11 is 0. The molecule has 2 fully saturated rings. The number of aliphatic hydroxyl groups is 1. The first-order chi connectivity index (χ1) is 16.6. The molecule has 2 aromatic carbocycles. The Hall–Kier alpha value is -2.35. The number of cyclic esters (lactones) is 1. The van der Waals surface area contributed by atoms with Crippen LogP contribution in [0.15, 0.2) is 48.5 Å². The van der Waals surface area contributed by atoms with Gasteiger partial charge in [0, 0.05) is 19.4 Å². The molecule has 6 nitrogen and oxygen atoms in total. The number of aryl methyl sites for hydroxylation is 1. The van der Waals surface area contributed by atoms with Crippen molar-refractivity contribution in [2.45, 2.75) is 96.7 Å². The second-order valence-corrected chi connectivity index (χ2v) is 12.0. The largest absolute Gasteiger partial charge is 0.495 e. The van der Waals surface area contributed by atoms with Crippen LogP contribution < -0.4 is 5.46 Å². The summed E-state index contributed by atoms with van der Waals surface area (Å²) in [5.74, 6) is 0. The van der Waals surface area contributed by atoms with Crippen LogP contribution in [0.1, 0.15) is 84.0 Å². The summed E-state index contributed by atoms with van der Waals surface area (Å²) in [5, 5.41) is 10.6. The zero-order valence-corrected chi connectivity index (χ0v) is 22.9. The Morgan fingerprint density at radius 1 is 1.06 bits per heavy atom. The molecule has 194 valence electrons. The number of ether oxygens (including phenoxy) is 1. The summed E-state index contributed by atoms with van der Waals surface area (Å²) in [5.41, 5.74) is 1.36. The van der Waals surface area contributed by atoms with E-state index >= 15 is 0 Å². The van der Waals surface area contributed by atoms with E-state index in [1.54, 1.807) is 18.7 Å². The monoisotopic (exact) mass is 493 g/mol. The molecule has 2 saturated heterocycles. The first-order valence-corrected chi connectivity index (χ1v) is 12.9. The van der Waals surface area contributed by atoms with Gasteiger partial charge in [0.2, 0.25) is 0 Å². The van der Waals surface area contributed by atoms with Gasteiger partial charge in [0.25, 0.3) is 0 Å². The predicted octanol–water partition coefficient (Wildman–Crippen LogP) is 5.25. The molecule has 2 unspecified atom stereocenters. The lowest BCUT2D eigenvalue weighted by atomic mass is 9.75. The topological polar surface area (TPSA) is 68.2 Å². The molecule has 2 aliphatic heterocycles. The van der Waals surface area contributed by atoms with Gasteiger partial charge in [-0.1, -0.05) is 54.1 Å². The Bertz CT molecular complexity index is 1090. The highest BCUT2D eigenvalue weighted by molar-refractivity contribution is 6.62. The van der Waals surface area contributed by atoms with E-state index in [0.717, 1.165) is 22.2 Å². The molecule has 2 aromatic rings. The molecule has 1 amide bonds. The van der Waals surface area contributed by atoms with Gasteiger partial charge < -0.3 is 24.1 Å². The zero-order chi connectivity index (χ0) is 26.5. The van der Waals surface area contributed by atoms with Crippen LogP contribution in [0.2, 0.25) is 0 Å². The van der Waals surface area contributed by atoms with E-state index in [-0.39, 0.29) is 12.1 Å². The summed E-state index contributed by atoms with van der Waals surface area (Å²) < 4.78 is 18.6. The van der Waals surface area contributed by atoms with E-state index in [0.29, 0.717) is 19.4 Å². The Labute approximate surface area is 216 Å². The maximum absolute atomic E-state index is 13.4. The van der Waals surface area contributed by atoms with Crippen LogP contribution in [0.4, 0.5) is 4.79 Å². The first kappa shape index (κ1) is 26.7. The minimum atomic E-state index is -0.982. The van der Waals surface area contributed by atoms with Gasteiger partial charge in [-0.25, -0.2) is 4.79 Å². The minimum Gasteiger partial charge on any atom is -0.438 e. The second-order valence-electron chi connectivity index (χ2n) is 12.0. The quantitative estimate of drug-likeness (QED) is 0.557. The number of hydrogen-bond donors (Lipinski definition) is 1. The smallest absolute Gasteiger partial charge is 0.438 e. The molecular formula is C29H40BNO5. The van der Waals surface area contributed by atoms with Crippen molar-refractivity contribution in [3.63, 3.8) is 0 Å². The average molecular weight is 493 g/mol. The van der Waals surface area contributed by atoms with E-state index < -0.39 is 29.5 Å². The molecule has 0 saturated carbocycles. The van der Waals surface area contributed by atoms with Gasteiger partial charge in [-0.2, -0.15) is 0 Å². The SMILES string of the molecule is Cc1cc(C(C)N2CCC(CC(C)(C)O)(c3ccccc3)OC2=O)ccc1B1OC(C)(C)C(C)(C)O1. The molecular weight excluding hydrogens is 453 g/mol. The second kappa shape index (κ2) is 9.19. The lowest BCUT2D eigenvalue weighted by Gasteiger charge is -2.45. The van der Waals surface area contributed by atoms with Gasteiger partial charge in [-0.15, -0.1) is 0 Å². The molecule has 1 N–H and O–H groups in total. The third-order valence-corrected chi connectivity index (χ3v) is 8.04. The number of carbonyl (C=O) groups excluding carboxylic acids is 1. The summed E-state index contributed by atoms with van der Waals surface area (Å²) in [6.07, 6.45) is 0.566. The highest BCUT2D eigenvalue weighted by atomic mass is 16.7. The normalized spacial score (nSPS) is 24.5. The maximum Gasteiger partial charge on any atom is 0.495 e. The first-order valence-electron chi connectivity index (χ1n) is 12.9. The van der Waals surface area contributed by atoms with Crippen molar-refractivity contribution < 1.29 is 23.9 Å². The van der Waals surface area contributed by atoms with E-state index in [1.807, 2.05) is 77.1 Å². The summed E-state index contributed by atoms with van der Waals surface area (Å²) in [6.45, 7) is 16.3. The van der Waals surface area contributed by atoms with Crippen molar-refractivity contribution in [1.29, 1.82) is 0 Å². The van der Waals surface area contributed by atoms with Gasteiger partial charge in [0.05, 0.1) is 22.8 Å². The lowest BCUT2D eigenvalue weighted by Crippen LogP contribution is -2.51. The number of amides is 1. The molecule has 4 rings (SSSR count). The van der Waals surface area contributed by atoms with E-state index in [1.165, 1.54) is 0 Å². The van der Waals surface area contributed by atoms with E-state index in [9.17, 15) is 9.90 Å². The molecule has 0 spiro atoms. The molecule has 0 aromatic heterocycles. The lowest BCUT2D eigenvalue weighted by molar-refractivity contribution is -0.101. The molecule has 0 bridgehead atoms. The Morgan fingerprint density at radius 2 is 1.67 bits per heavy atom. The molecule has 7 heteroatoms. The minimum absolute atomic E-state index is 0.167. The van der Waals surface area contributed by atoms with Crippen LogP contribution in [0.5, 0.6) is 0 Å². The zero-order valence-electron chi connectivity index (χ0n) is 22.9. The Balaban J connectivity index is 1.53. The number of carbonyl (C=O) groups is 1. The Kier molecular flexibility index (Phi) is 6.82. The summed E-state index contributed by atoms with van der Waals surface area (Å²) in [7, 11) is -0.423. The van der Waals surface area contributed by atoms with Crippen molar-refractivity contribution in [2.75, 3.05) is 6.54 Å². The summed E-state index contributed by atoms with van der Waals surface area (Å²) in [4.78, 5) is 15.1. The number of hydrogen-bond acceptors (Lipinski definition) is 5. The van der Waals surface area contributed by atoms with Crippen molar-refractivity contribution in [3.8, 4) is 0 Å². The molecule has 0 radical (unpaired) electrons. The van der Waals surface area contributed by atoms with Gasteiger partial charge in [-0.3, -0.25) is 0 Å². The van der Waals surface area contributed by atoms with Crippen LogP contribution in [-0.4, -0.2) is 46.6 Å².